The highest BCUT2D eigenvalue weighted by atomic mass is 16.2. The SMILES string of the molecule is CC(C(=O)N1CCCCC1)N1CCN(C(C)(C)CN)CC1. The normalized spacial score (nSPS) is 24.1. The molecule has 0 bridgehead atoms. The van der Waals surface area contributed by atoms with Gasteiger partial charge in [0.15, 0.2) is 0 Å². The van der Waals surface area contributed by atoms with Crippen molar-refractivity contribution in [1.82, 2.24) is 14.7 Å². The van der Waals surface area contributed by atoms with Crippen molar-refractivity contribution in [3.8, 4) is 0 Å². The molecule has 1 unspecified atom stereocenters. The summed E-state index contributed by atoms with van der Waals surface area (Å²) in [6, 6.07) is 0.0197. The third kappa shape index (κ3) is 3.96. The fourth-order valence-corrected chi connectivity index (χ4v) is 3.38. The van der Waals surface area contributed by atoms with E-state index in [1.807, 2.05) is 0 Å². The Hall–Kier alpha value is -0.650. The second kappa shape index (κ2) is 7.07. The number of nitrogens with two attached hydrogens (primary N) is 1. The molecule has 2 rings (SSSR count). The molecule has 1 atom stereocenters. The molecule has 0 aromatic rings. The first kappa shape index (κ1) is 16.7. The number of piperidine rings is 1. The molecule has 5 heteroatoms. The minimum absolute atomic E-state index is 0.0197. The Labute approximate surface area is 129 Å². The van der Waals surface area contributed by atoms with Gasteiger partial charge in [0.2, 0.25) is 5.91 Å². The summed E-state index contributed by atoms with van der Waals surface area (Å²) in [7, 11) is 0. The molecule has 2 aliphatic heterocycles. The fourth-order valence-electron chi connectivity index (χ4n) is 3.38. The van der Waals surface area contributed by atoms with Gasteiger partial charge in [-0.2, -0.15) is 0 Å². The molecule has 0 saturated carbocycles. The zero-order valence-electron chi connectivity index (χ0n) is 14.0. The van der Waals surface area contributed by atoms with Gasteiger partial charge in [-0.3, -0.25) is 14.6 Å². The quantitative estimate of drug-likeness (QED) is 0.831. The van der Waals surface area contributed by atoms with Gasteiger partial charge >= 0.3 is 0 Å². The van der Waals surface area contributed by atoms with Crippen LogP contribution in [0, 0.1) is 0 Å². The van der Waals surface area contributed by atoms with Crippen LogP contribution >= 0.6 is 0 Å². The van der Waals surface area contributed by atoms with Crippen LogP contribution in [0.25, 0.3) is 0 Å². The lowest BCUT2D eigenvalue weighted by Crippen LogP contribution is -2.60. The molecule has 2 heterocycles. The van der Waals surface area contributed by atoms with Crippen LogP contribution in [-0.4, -0.2) is 78.0 Å². The maximum absolute atomic E-state index is 12.6. The molecule has 5 nitrogen and oxygen atoms in total. The summed E-state index contributed by atoms with van der Waals surface area (Å²) in [5, 5.41) is 0. The van der Waals surface area contributed by atoms with Gasteiger partial charge in [-0.05, 0) is 40.0 Å². The molecule has 2 aliphatic rings. The number of amides is 1. The lowest BCUT2D eigenvalue weighted by Gasteiger charge is -2.45. The Balaban J connectivity index is 1.85. The molecule has 0 radical (unpaired) electrons. The highest BCUT2D eigenvalue weighted by molar-refractivity contribution is 5.81. The van der Waals surface area contributed by atoms with Crippen molar-refractivity contribution < 1.29 is 4.79 Å². The smallest absolute Gasteiger partial charge is 0.239 e. The predicted octanol–water partition coefficient (Wildman–Crippen LogP) is 0.742. The highest BCUT2D eigenvalue weighted by Crippen LogP contribution is 2.18. The summed E-state index contributed by atoms with van der Waals surface area (Å²) >= 11 is 0. The number of carbonyl (C=O) groups is 1. The van der Waals surface area contributed by atoms with Crippen molar-refractivity contribution in [2.75, 3.05) is 45.8 Å². The maximum Gasteiger partial charge on any atom is 0.239 e. The second-order valence-electron chi connectivity index (χ2n) is 7.10. The molecule has 2 fully saturated rings. The molecular formula is C16H32N4O. The number of hydrogen-bond acceptors (Lipinski definition) is 4. The van der Waals surface area contributed by atoms with Crippen molar-refractivity contribution in [2.24, 2.45) is 5.73 Å². The number of piperazine rings is 1. The van der Waals surface area contributed by atoms with Gasteiger partial charge < -0.3 is 10.6 Å². The van der Waals surface area contributed by atoms with Crippen molar-refractivity contribution in [1.29, 1.82) is 0 Å². The van der Waals surface area contributed by atoms with Gasteiger partial charge in [-0.25, -0.2) is 0 Å². The largest absolute Gasteiger partial charge is 0.341 e. The first-order chi connectivity index (χ1) is 9.95. The number of carbonyl (C=O) groups excluding carboxylic acids is 1. The monoisotopic (exact) mass is 296 g/mol. The van der Waals surface area contributed by atoms with Crippen LogP contribution in [0.1, 0.15) is 40.0 Å². The zero-order valence-corrected chi connectivity index (χ0v) is 14.0. The van der Waals surface area contributed by atoms with Gasteiger partial charge in [0.25, 0.3) is 0 Å². The molecule has 0 aliphatic carbocycles. The van der Waals surface area contributed by atoms with E-state index in [4.69, 9.17) is 5.73 Å². The van der Waals surface area contributed by atoms with Crippen LogP contribution in [0.15, 0.2) is 0 Å². The molecule has 122 valence electrons. The summed E-state index contributed by atoms with van der Waals surface area (Å²) in [6.45, 7) is 13.0. The van der Waals surface area contributed by atoms with E-state index in [0.717, 1.165) is 52.1 Å². The molecule has 1 amide bonds. The van der Waals surface area contributed by atoms with Crippen LogP contribution < -0.4 is 5.73 Å². The molecule has 2 N–H and O–H groups in total. The van der Waals surface area contributed by atoms with Gasteiger partial charge in [-0.15, -0.1) is 0 Å². The molecular weight excluding hydrogens is 264 g/mol. The first-order valence-electron chi connectivity index (χ1n) is 8.43. The first-order valence-corrected chi connectivity index (χ1v) is 8.43. The van der Waals surface area contributed by atoms with Gasteiger partial charge in [0, 0.05) is 51.4 Å². The molecule has 2 saturated heterocycles. The van der Waals surface area contributed by atoms with E-state index in [0.29, 0.717) is 12.5 Å². The van der Waals surface area contributed by atoms with Crippen molar-refractivity contribution in [3.63, 3.8) is 0 Å². The Morgan fingerprint density at radius 2 is 1.62 bits per heavy atom. The van der Waals surface area contributed by atoms with Crippen molar-refractivity contribution in [3.05, 3.63) is 0 Å². The van der Waals surface area contributed by atoms with Gasteiger partial charge in [-0.1, -0.05) is 0 Å². The van der Waals surface area contributed by atoms with Crippen LogP contribution in [0.5, 0.6) is 0 Å². The van der Waals surface area contributed by atoms with Gasteiger partial charge in [0.1, 0.15) is 0 Å². The number of likely N-dealkylation sites (tertiary alicyclic amines) is 1. The van der Waals surface area contributed by atoms with Crippen molar-refractivity contribution in [2.45, 2.75) is 51.6 Å². The predicted molar refractivity (Wildman–Crippen MR) is 86.2 cm³/mol. The fraction of sp³-hybridized carbons (Fsp3) is 0.938. The minimum Gasteiger partial charge on any atom is -0.341 e. The zero-order chi connectivity index (χ0) is 15.5. The lowest BCUT2D eigenvalue weighted by molar-refractivity contribution is -0.138. The average Bonchev–Trinajstić information content (AvgIpc) is 2.54. The van der Waals surface area contributed by atoms with Crippen LogP contribution in [0.3, 0.4) is 0 Å². The minimum atomic E-state index is 0.0197. The van der Waals surface area contributed by atoms with Crippen LogP contribution in [0.4, 0.5) is 0 Å². The Morgan fingerprint density at radius 3 is 2.14 bits per heavy atom. The van der Waals surface area contributed by atoms with Gasteiger partial charge in [0.05, 0.1) is 6.04 Å². The standard InChI is InChI=1S/C16H32N4O/c1-14(15(21)19-7-5-4-6-8-19)18-9-11-20(12-10-18)16(2,3)13-17/h14H,4-13,17H2,1-3H3. The Morgan fingerprint density at radius 1 is 1.05 bits per heavy atom. The van der Waals surface area contributed by atoms with Crippen molar-refractivity contribution >= 4 is 5.91 Å². The second-order valence-corrected chi connectivity index (χ2v) is 7.10. The lowest BCUT2D eigenvalue weighted by atomic mass is 10.0. The Kier molecular flexibility index (Phi) is 5.63. The maximum atomic E-state index is 12.6. The van der Waals surface area contributed by atoms with E-state index in [2.05, 4.69) is 35.5 Å². The van der Waals surface area contributed by atoms with Crippen LogP contribution in [0.2, 0.25) is 0 Å². The third-order valence-corrected chi connectivity index (χ3v) is 5.24. The summed E-state index contributed by atoms with van der Waals surface area (Å²) in [5.41, 5.74) is 5.92. The van der Waals surface area contributed by atoms with E-state index < -0.39 is 0 Å². The third-order valence-electron chi connectivity index (χ3n) is 5.24. The topological polar surface area (TPSA) is 52.8 Å². The van der Waals surface area contributed by atoms with Crippen LogP contribution in [-0.2, 0) is 4.79 Å². The summed E-state index contributed by atoms with van der Waals surface area (Å²) in [4.78, 5) is 19.4. The average molecular weight is 296 g/mol. The Bertz CT molecular complexity index is 344. The molecule has 0 aromatic heterocycles. The summed E-state index contributed by atoms with van der Waals surface area (Å²) in [6.07, 6.45) is 3.60. The number of rotatable bonds is 4. The van der Waals surface area contributed by atoms with E-state index in [-0.39, 0.29) is 11.6 Å². The highest BCUT2D eigenvalue weighted by Gasteiger charge is 2.33. The summed E-state index contributed by atoms with van der Waals surface area (Å²) in [5.74, 6) is 0.321. The molecule has 0 aromatic carbocycles. The number of nitrogens with zero attached hydrogens (tertiary/aromatic N) is 3. The van der Waals surface area contributed by atoms with E-state index in [9.17, 15) is 4.79 Å². The van der Waals surface area contributed by atoms with E-state index in [1.165, 1.54) is 6.42 Å². The number of hydrogen-bond donors (Lipinski definition) is 1. The molecule has 21 heavy (non-hydrogen) atoms. The van der Waals surface area contributed by atoms with E-state index in [1.54, 1.807) is 0 Å². The van der Waals surface area contributed by atoms with E-state index >= 15 is 0 Å². The molecule has 0 spiro atoms. The summed E-state index contributed by atoms with van der Waals surface area (Å²) < 4.78 is 0.